The Bertz CT molecular complexity index is 498. The van der Waals surface area contributed by atoms with Crippen molar-refractivity contribution in [2.24, 2.45) is 0 Å². The smallest absolute Gasteiger partial charge is 0.160 e. The van der Waals surface area contributed by atoms with E-state index < -0.39 is 0 Å². The fourth-order valence-corrected chi connectivity index (χ4v) is 1.40. The van der Waals surface area contributed by atoms with E-state index >= 15 is 0 Å². The van der Waals surface area contributed by atoms with Gasteiger partial charge < -0.3 is 4.74 Å². The lowest BCUT2D eigenvalue weighted by molar-refractivity contribution is 0.193. The first kappa shape index (κ1) is 11.6. The molecular weight excluding hydrogens is 221 g/mol. The minimum atomic E-state index is -0.316. The second-order valence-corrected chi connectivity index (χ2v) is 3.62. The topological polar surface area (TPSA) is 39.1 Å². The molecule has 0 fully saturated rings. The van der Waals surface area contributed by atoms with Crippen molar-refractivity contribution in [2.45, 2.75) is 13.2 Å². The predicted molar refractivity (Wildman–Crippen MR) is 62.7 cm³/mol. The van der Waals surface area contributed by atoms with Crippen LogP contribution in [0.1, 0.15) is 6.92 Å². The highest BCUT2D eigenvalue weighted by Gasteiger charge is 2.07. The highest BCUT2D eigenvalue weighted by atomic mass is 19.1. The maximum absolute atomic E-state index is 13.5. The van der Waals surface area contributed by atoms with Crippen molar-refractivity contribution in [1.29, 1.82) is 0 Å². The van der Waals surface area contributed by atoms with Gasteiger partial charge in [-0.1, -0.05) is 12.1 Å². The van der Waals surface area contributed by atoms with E-state index in [0.717, 1.165) is 0 Å². The van der Waals surface area contributed by atoms with Gasteiger partial charge in [0.05, 0.1) is 12.4 Å². The van der Waals surface area contributed by atoms with Crippen LogP contribution in [-0.2, 0) is 0 Å². The van der Waals surface area contributed by atoms with Crippen LogP contribution in [0, 0.1) is 5.82 Å². The van der Waals surface area contributed by atoms with Gasteiger partial charge in [-0.2, -0.15) is 5.10 Å². The van der Waals surface area contributed by atoms with Crippen molar-refractivity contribution in [3.8, 4) is 11.4 Å². The van der Waals surface area contributed by atoms with Crippen LogP contribution in [0.15, 0.2) is 36.7 Å². The van der Waals surface area contributed by atoms with Gasteiger partial charge >= 0.3 is 0 Å². The second-order valence-electron chi connectivity index (χ2n) is 3.62. The van der Waals surface area contributed by atoms with Crippen LogP contribution in [0.3, 0.4) is 0 Å². The molecule has 1 atom stereocenters. The van der Waals surface area contributed by atoms with Gasteiger partial charge in [0.25, 0.3) is 0 Å². The third-order valence-corrected chi connectivity index (χ3v) is 2.38. The van der Waals surface area contributed by atoms with Crippen molar-refractivity contribution >= 4 is 0 Å². The molecule has 1 N–H and O–H groups in total. The summed E-state index contributed by atoms with van der Waals surface area (Å²) in [6, 6.07) is 6.46. The van der Waals surface area contributed by atoms with Crippen LogP contribution in [0.2, 0.25) is 0 Å². The van der Waals surface area contributed by atoms with E-state index in [1.165, 1.54) is 10.7 Å². The Morgan fingerprint density at radius 2 is 2.18 bits per heavy atom. The maximum Gasteiger partial charge on any atom is 0.160 e. The molecule has 1 aromatic carbocycles. The molecule has 1 unspecified atom stereocenters. The lowest BCUT2D eigenvalue weighted by atomic mass is 10.3. The predicted octanol–water partition coefficient (Wildman–Crippen LogP) is 1.96. The minimum Gasteiger partial charge on any atom is -0.472 e. The summed E-state index contributed by atoms with van der Waals surface area (Å²) in [5, 5.41) is 7.00. The van der Waals surface area contributed by atoms with Gasteiger partial charge in [0, 0.05) is 0 Å². The number of nitrogens with one attached hydrogen (secondary N) is 1. The molecule has 5 heteroatoms. The van der Waals surface area contributed by atoms with Crippen molar-refractivity contribution < 1.29 is 9.13 Å². The Morgan fingerprint density at radius 3 is 2.88 bits per heavy atom. The summed E-state index contributed by atoms with van der Waals surface area (Å²) in [5.41, 5.74) is 0.402. The largest absolute Gasteiger partial charge is 0.472 e. The molecule has 0 saturated heterocycles. The average molecular weight is 235 g/mol. The molecule has 0 amide bonds. The molecule has 0 spiro atoms. The van der Waals surface area contributed by atoms with Gasteiger partial charge in [-0.15, -0.1) is 0 Å². The molecule has 0 saturated carbocycles. The van der Waals surface area contributed by atoms with E-state index in [4.69, 9.17) is 4.74 Å². The summed E-state index contributed by atoms with van der Waals surface area (Å²) >= 11 is 0. The summed E-state index contributed by atoms with van der Waals surface area (Å²) in [6.07, 6.45) is 3.08. The summed E-state index contributed by atoms with van der Waals surface area (Å²) in [5.74, 6) is 0.277. The SMILES string of the molecule is CNC(C)Oc1cnn(-c2ccccc2F)c1. The number of hydrogen-bond acceptors (Lipinski definition) is 3. The van der Waals surface area contributed by atoms with E-state index in [1.54, 1.807) is 37.6 Å². The standard InChI is InChI=1S/C12H14FN3O/c1-9(14-2)17-10-7-15-16(8-10)12-6-4-3-5-11(12)13/h3-9,14H,1-2H3. The van der Waals surface area contributed by atoms with Crippen LogP contribution in [0.25, 0.3) is 5.69 Å². The molecule has 1 aromatic heterocycles. The molecule has 0 radical (unpaired) electrons. The van der Waals surface area contributed by atoms with Crippen molar-refractivity contribution in [2.75, 3.05) is 7.05 Å². The van der Waals surface area contributed by atoms with Gasteiger partial charge in [0.15, 0.2) is 5.75 Å². The minimum absolute atomic E-state index is 0.117. The Balaban J connectivity index is 2.21. The highest BCUT2D eigenvalue weighted by molar-refractivity contribution is 5.33. The third kappa shape index (κ3) is 2.62. The zero-order chi connectivity index (χ0) is 12.3. The molecule has 1 heterocycles. The average Bonchev–Trinajstić information content (AvgIpc) is 2.78. The molecule has 0 aliphatic heterocycles. The number of aromatic nitrogens is 2. The number of benzene rings is 1. The normalized spacial score (nSPS) is 12.4. The molecule has 0 aliphatic carbocycles. The van der Waals surface area contributed by atoms with Gasteiger partial charge in [-0.3, -0.25) is 5.32 Å². The van der Waals surface area contributed by atoms with E-state index in [-0.39, 0.29) is 12.0 Å². The van der Waals surface area contributed by atoms with Crippen molar-refractivity contribution in [3.05, 3.63) is 42.5 Å². The van der Waals surface area contributed by atoms with Gasteiger partial charge in [-0.05, 0) is 26.1 Å². The molecule has 90 valence electrons. The van der Waals surface area contributed by atoms with Crippen LogP contribution >= 0.6 is 0 Å². The lowest BCUT2D eigenvalue weighted by Crippen LogP contribution is -2.27. The number of ether oxygens (including phenoxy) is 1. The Kier molecular flexibility index (Phi) is 3.39. The van der Waals surface area contributed by atoms with Crippen LogP contribution < -0.4 is 10.1 Å². The van der Waals surface area contributed by atoms with Crippen LogP contribution in [0.4, 0.5) is 4.39 Å². The number of rotatable bonds is 4. The van der Waals surface area contributed by atoms with E-state index in [1.807, 2.05) is 6.92 Å². The summed E-state index contributed by atoms with van der Waals surface area (Å²) in [6.45, 7) is 1.88. The summed E-state index contributed by atoms with van der Waals surface area (Å²) < 4.78 is 20.4. The van der Waals surface area contributed by atoms with E-state index in [0.29, 0.717) is 11.4 Å². The maximum atomic E-state index is 13.5. The number of hydrogen-bond donors (Lipinski definition) is 1. The molecule has 0 bridgehead atoms. The molecule has 2 rings (SSSR count). The highest BCUT2D eigenvalue weighted by Crippen LogP contribution is 2.16. The fraction of sp³-hybridized carbons (Fsp3) is 0.250. The van der Waals surface area contributed by atoms with Crippen LogP contribution in [0.5, 0.6) is 5.75 Å². The zero-order valence-corrected chi connectivity index (χ0v) is 9.72. The first-order chi connectivity index (χ1) is 8.20. The Morgan fingerprint density at radius 1 is 1.41 bits per heavy atom. The van der Waals surface area contributed by atoms with E-state index in [9.17, 15) is 4.39 Å². The van der Waals surface area contributed by atoms with Gasteiger partial charge in [0.1, 0.15) is 17.7 Å². The Labute approximate surface area is 99.0 Å². The molecule has 17 heavy (non-hydrogen) atoms. The van der Waals surface area contributed by atoms with Crippen molar-refractivity contribution in [3.63, 3.8) is 0 Å². The monoisotopic (exact) mass is 235 g/mol. The number of nitrogens with zero attached hydrogens (tertiary/aromatic N) is 2. The zero-order valence-electron chi connectivity index (χ0n) is 9.72. The summed E-state index contributed by atoms with van der Waals surface area (Å²) in [7, 11) is 1.80. The van der Waals surface area contributed by atoms with Gasteiger partial charge in [0.2, 0.25) is 0 Å². The lowest BCUT2D eigenvalue weighted by Gasteiger charge is -2.10. The molecular formula is C12H14FN3O. The van der Waals surface area contributed by atoms with Crippen LogP contribution in [-0.4, -0.2) is 23.1 Å². The first-order valence-corrected chi connectivity index (χ1v) is 5.34. The molecule has 0 aliphatic rings. The number of para-hydroxylation sites is 1. The first-order valence-electron chi connectivity index (χ1n) is 5.34. The second kappa shape index (κ2) is 4.97. The fourth-order valence-electron chi connectivity index (χ4n) is 1.40. The van der Waals surface area contributed by atoms with Crippen molar-refractivity contribution in [1.82, 2.24) is 15.1 Å². The quantitative estimate of drug-likeness (QED) is 0.823. The molecule has 4 nitrogen and oxygen atoms in total. The van der Waals surface area contributed by atoms with Gasteiger partial charge in [-0.25, -0.2) is 9.07 Å². The third-order valence-electron chi connectivity index (χ3n) is 2.38. The summed E-state index contributed by atoms with van der Waals surface area (Å²) in [4.78, 5) is 0. The van der Waals surface area contributed by atoms with E-state index in [2.05, 4.69) is 10.4 Å². The number of halogens is 1. The Hall–Kier alpha value is -1.88. The molecule has 2 aromatic rings.